The largest absolute Gasteiger partial charge is 0.102 e. The Bertz CT molecular complexity index is 270. The van der Waals surface area contributed by atoms with Gasteiger partial charge < -0.3 is 0 Å². The van der Waals surface area contributed by atoms with Crippen LogP contribution in [-0.4, -0.2) is 0 Å². The Morgan fingerprint density at radius 3 is 2.83 bits per heavy atom. The minimum Gasteiger partial charge on any atom is -0.102 e. The Balaban J connectivity index is 2.49. The van der Waals surface area contributed by atoms with Crippen LogP contribution < -0.4 is 0 Å². The quantitative estimate of drug-likeness (QED) is 0.515. The molecule has 0 amide bonds. The molecule has 0 aliphatic heterocycles. The molecule has 64 valence electrons. The molecule has 0 heterocycles. The molecule has 2 rings (SSSR count). The monoisotopic (exact) mass is 160 g/mol. The van der Waals surface area contributed by atoms with Crippen molar-refractivity contribution >= 4 is 0 Å². The zero-order chi connectivity index (χ0) is 8.77. The summed E-state index contributed by atoms with van der Waals surface area (Å²) >= 11 is 0. The number of fused-ring (bicyclic) bond motifs is 1. The van der Waals surface area contributed by atoms with Gasteiger partial charge in [0.05, 0.1) is 0 Å². The maximum atomic E-state index is 3.98. The number of allylic oxidation sites excluding steroid dienone is 5. The van der Waals surface area contributed by atoms with Crippen LogP contribution in [0.15, 0.2) is 36.0 Å². The lowest BCUT2D eigenvalue weighted by Gasteiger charge is -2.49. The molecule has 0 nitrogen and oxygen atoms in total. The van der Waals surface area contributed by atoms with Gasteiger partial charge in [0, 0.05) is 5.41 Å². The highest BCUT2D eigenvalue weighted by Crippen LogP contribution is 2.55. The second-order valence-electron chi connectivity index (χ2n) is 3.98. The number of hydrogen-bond donors (Lipinski definition) is 0. The molecule has 2 unspecified atom stereocenters. The maximum Gasteiger partial charge on any atom is 0.0355 e. The van der Waals surface area contributed by atoms with E-state index in [1.807, 2.05) is 0 Å². The van der Waals surface area contributed by atoms with Crippen LogP contribution in [0, 0.1) is 11.3 Å². The predicted octanol–water partition coefficient (Wildman–Crippen LogP) is 3.48. The third-order valence-corrected chi connectivity index (χ3v) is 3.54. The van der Waals surface area contributed by atoms with Gasteiger partial charge in [-0.2, -0.15) is 0 Å². The third-order valence-electron chi connectivity index (χ3n) is 3.54. The van der Waals surface area contributed by atoms with Crippen molar-refractivity contribution in [3.05, 3.63) is 36.0 Å². The first-order chi connectivity index (χ1) is 5.71. The summed E-state index contributed by atoms with van der Waals surface area (Å²) in [5.74, 6) is 0.668. The molecule has 2 aliphatic carbocycles. The smallest absolute Gasteiger partial charge is 0.0355 e. The average Bonchev–Trinajstić information content (AvgIpc) is 2.03. The minimum absolute atomic E-state index is 0.262. The molecular weight excluding hydrogens is 144 g/mol. The zero-order valence-corrected chi connectivity index (χ0v) is 7.93. The van der Waals surface area contributed by atoms with E-state index in [1.54, 1.807) is 5.57 Å². The molecule has 12 heavy (non-hydrogen) atoms. The molecule has 2 aliphatic rings. The van der Waals surface area contributed by atoms with Gasteiger partial charge in [0.2, 0.25) is 0 Å². The molecule has 0 bridgehead atoms. The molecule has 2 atom stereocenters. The van der Waals surface area contributed by atoms with Crippen LogP contribution in [0.4, 0.5) is 0 Å². The van der Waals surface area contributed by atoms with Crippen molar-refractivity contribution in [2.75, 3.05) is 0 Å². The first-order valence-corrected chi connectivity index (χ1v) is 4.74. The van der Waals surface area contributed by atoms with Crippen molar-refractivity contribution in [1.29, 1.82) is 0 Å². The summed E-state index contributed by atoms with van der Waals surface area (Å²) in [5, 5.41) is 0. The first kappa shape index (κ1) is 7.85. The van der Waals surface area contributed by atoms with Crippen molar-refractivity contribution in [1.82, 2.24) is 0 Å². The molecule has 0 N–H and O–H groups in total. The molecule has 0 aromatic carbocycles. The van der Waals surface area contributed by atoms with Gasteiger partial charge in [-0.1, -0.05) is 36.3 Å². The van der Waals surface area contributed by atoms with Gasteiger partial charge in [-0.3, -0.25) is 0 Å². The molecule has 0 aromatic heterocycles. The summed E-state index contributed by atoms with van der Waals surface area (Å²) in [6.07, 6.45) is 9.37. The Kier molecular flexibility index (Phi) is 1.54. The highest BCUT2D eigenvalue weighted by Gasteiger charge is 2.45. The Hall–Kier alpha value is -0.780. The number of hydrogen-bond acceptors (Lipinski definition) is 0. The molecule has 0 radical (unpaired) electrons. The van der Waals surface area contributed by atoms with E-state index in [9.17, 15) is 0 Å². The highest BCUT2D eigenvalue weighted by molar-refractivity contribution is 5.46. The van der Waals surface area contributed by atoms with Crippen LogP contribution in [0.1, 0.15) is 26.7 Å². The van der Waals surface area contributed by atoms with Crippen LogP contribution in [0.2, 0.25) is 0 Å². The summed E-state index contributed by atoms with van der Waals surface area (Å²) < 4.78 is 0. The Labute approximate surface area is 74.7 Å². The summed E-state index contributed by atoms with van der Waals surface area (Å²) in [6.45, 7) is 8.50. The predicted molar refractivity (Wildman–Crippen MR) is 52.9 cm³/mol. The van der Waals surface area contributed by atoms with E-state index in [4.69, 9.17) is 0 Å². The van der Waals surface area contributed by atoms with Crippen LogP contribution in [-0.2, 0) is 0 Å². The van der Waals surface area contributed by atoms with Crippen LogP contribution in [0.5, 0.6) is 0 Å². The molecule has 0 fully saturated rings. The zero-order valence-electron chi connectivity index (χ0n) is 7.93. The van der Waals surface area contributed by atoms with Gasteiger partial charge in [0.15, 0.2) is 0 Å². The van der Waals surface area contributed by atoms with Gasteiger partial charge in [0.1, 0.15) is 0 Å². The van der Waals surface area contributed by atoms with E-state index in [1.165, 1.54) is 18.4 Å². The van der Waals surface area contributed by atoms with E-state index in [-0.39, 0.29) is 5.41 Å². The highest BCUT2D eigenvalue weighted by atomic mass is 14.5. The third kappa shape index (κ3) is 0.682. The lowest BCUT2D eigenvalue weighted by Crippen LogP contribution is -2.38. The summed E-state index contributed by atoms with van der Waals surface area (Å²) in [4.78, 5) is 0. The lowest BCUT2D eigenvalue weighted by molar-refractivity contribution is 0.340. The van der Waals surface area contributed by atoms with E-state index in [2.05, 4.69) is 38.7 Å². The number of rotatable bonds is 1. The van der Waals surface area contributed by atoms with Gasteiger partial charge >= 0.3 is 0 Å². The van der Waals surface area contributed by atoms with Gasteiger partial charge in [0.25, 0.3) is 0 Å². The SMILES string of the molecule is C=CC12C(C)=CCCC1=CC2C. The second kappa shape index (κ2) is 2.35. The van der Waals surface area contributed by atoms with Crippen molar-refractivity contribution in [3.63, 3.8) is 0 Å². The molecule has 0 aromatic rings. The maximum absolute atomic E-state index is 3.98. The second-order valence-corrected chi connectivity index (χ2v) is 3.98. The summed E-state index contributed by atoms with van der Waals surface area (Å²) in [6, 6.07) is 0. The van der Waals surface area contributed by atoms with Crippen molar-refractivity contribution < 1.29 is 0 Å². The topological polar surface area (TPSA) is 0 Å². The Morgan fingerprint density at radius 2 is 2.42 bits per heavy atom. The first-order valence-electron chi connectivity index (χ1n) is 4.74. The van der Waals surface area contributed by atoms with Crippen molar-refractivity contribution in [2.45, 2.75) is 26.7 Å². The molecule has 0 saturated heterocycles. The fourth-order valence-corrected chi connectivity index (χ4v) is 2.76. The fourth-order valence-electron chi connectivity index (χ4n) is 2.76. The normalized spacial score (nSPS) is 39.0. The summed E-state index contributed by atoms with van der Waals surface area (Å²) in [7, 11) is 0. The van der Waals surface area contributed by atoms with Crippen LogP contribution in [0.25, 0.3) is 0 Å². The molecule has 0 heteroatoms. The molecule has 0 saturated carbocycles. The van der Waals surface area contributed by atoms with Gasteiger partial charge in [-0.15, -0.1) is 6.58 Å². The fraction of sp³-hybridized carbons (Fsp3) is 0.500. The standard InChI is InChI=1S/C12H16/c1-4-12-9(2)6-5-7-11(12)8-10(12)3/h4,6,8,10H,1,5,7H2,2-3H3. The molecule has 0 spiro atoms. The van der Waals surface area contributed by atoms with E-state index >= 15 is 0 Å². The minimum atomic E-state index is 0.262. The van der Waals surface area contributed by atoms with E-state index in [0.717, 1.165) is 0 Å². The summed E-state index contributed by atoms with van der Waals surface area (Å²) in [5.41, 5.74) is 3.37. The molecular formula is C12H16. The lowest BCUT2D eigenvalue weighted by atomic mass is 9.55. The van der Waals surface area contributed by atoms with Crippen LogP contribution >= 0.6 is 0 Å². The van der Waals surface area contributed by atoms with Gasteiger partial charge in [-0.05, 0) is 25.7 Å². The van der Waals surface area contributed by atoms with Crippen molar-refractivity contribution in [2.24, 2.45) is 11.3 Å². The van der Waals surface area contributed by atoms with Crippen LogP contribution in [0.3, 0.4) is 0 Å². The van der Waals surface area contributed by atoms with E-state index in [0.29, 0.717) is 5.92 Å². The Morgan fingerprint density at radius 1 is 1.67 bits per heavy atom. The van der Waals surface area contributed by atoms with Gasteiger partial charge in [-0.25, -0.2) is 0 Å². The van der Waals surface area contributed by atoms with Crippen molar-refractivity contribution in [3.8, 4) is 0 Å². The van der Waals surface area contributed by atoms with E-state index < -0.39 is 0 Å². The average molecular weight is 160 g/mol.